The molecule has 0 radical (unpaired) electrons. The molecule has 0 rings (SSSR count). The standard InChI is InChI=1S/C55H96O5/c1-3-5-7-9-11-13-15-17-19-21-23-25-26-27-28-30-32-34-36-38-40-42-44-46-48-50-55(58)60-53(51-56)52-59-54(57)49-47-45-43-41-39-37-35-33-31-29-24-22-20-18-16-14-12-10-8-6-4-2/h15-18,21-24,26-27,31,33,53,56H,3-14,19-20,25,28-30,32,34-52H2,1-2H3/b17-15-,18-16-,23-21-,24-22-,27-26-,33-31-. The third kappa shape index (κ3) is 48.0. The van der Waals surface area contributed by atoms with Crippen LogP contribution in [0, 0.1) is 0 Å². The van der Waals surface area contributed by atoms with Crippen molar-refractivity contribution >= 4 is 11.9 Å². The van der Waals surface area contributed by atoms with Crippen LogP contribution in [0.4, 0.5) is 0 Å². The predicted octanol–water partition coefficient (Wildman–Crippen LogP) is 16.9. The molecule has 0 aromatic heterocycles. The van der Waals surface area contributed by atoms with Crippen LogP contribution in [0.25, 0.3) is 0 Å². The maximum Gasteiger partial charge on any atom is 0.306 e. The molecule has 0 amide bonds. The molecule has 0 aromatic rings. The van der Waals surface area contributed by atoms with E-state index in [-0.39, 0.29) is 25.2 Å². The van der Waals surface area contributed by atoms with Gasteiger partial charge in [-0.1, -0.05) is 215 Å². The summed E-state index contributed by atoms with van der Waals surface area (Å²) in [5.74, 6) is -0.608. The van der Waals surface area contributed by atoms with Crippen LogP contribution in [0.1, 0.15) is 245 Å². The van der Waals surface area contributed by atoms with Crippen LogP contribution < -0.4 is 0 Å². The van der Waals surface area contributed by atoms with Crippen LogP contribution in [0.5, 0.6) is 0 Å². The molecule has 0 aliphatic rings. The normalized spacial score (nSPS) is 12.8. The van der Waals surface area contributed by atoms with Gasteiger partial charge in [0.05, 0.1) is 6.61 Å². The summed E-state index contributed by atoms with van der Waals surface area (Å²) < 4.78 is 10.7. The Morgan fingerprint density at radius 2 is 0.667 bits per heavy atom. The van der Waals surface area contributed by atoms with Crippen molar-refractivity contribution < 1.29 is 24.2 Å². The van der Waals surface area contributed by atoms with E-state index >= 15 is 0 Å². The molecule has 0 aliphatic carbocycles. The molecule has 1 unspecified atom stereocenters. The quantitative estimate of drug-likeness (QED) is 0.0376. The molecular formula is C55H96O5. The zero-order valence-corrected chi connectivity index (χ0v) is 39.5. The first-order valence-corrected chi connectivity index (χ1v) is 25.5. The smallest absolute Gasteiger partial charge is 0.306 e. The summed E-state index contributed by atoms with van der Waals surface area (Å²) in [6, 6.07) is 0. The van der Waals surface area contributed by atoms with E-state index in [2.05, 4.69) is 86.8 Å². The van der Waals surface area contributed by atoms with Crippen molar-refractivity contribution in [2.45, 2.75) is 251 Å². The van der Waals surface area contributed by atoms with Crippen molar-refractivity contribution in [3.63, 3.8) is 0 Å². The van der Waals surface area contributed by atoms with Crippen molar-refractivity contribution in [3.05, 3.63) is 72.9 Å². The second-order valence-electron chi connectivity index (χ2n) is 16.9. The van der Waals surface area contributed by atoms with Crippen LogP contribution in [0.2, 0.25) is 0 Å². The van der Waals surface area contributed by atoms with Gasteiger partial charge in [-0.3, -0.25) is 9.59 Å². The van der Waals surface area contributed by atoms with Crippen LogP contribution in [0.15, 0.2) is 72.9 Å². The van der Waals surface area contributed by atoms with Crippen LogP contribution in [-0.4, -0.2) is 36.4 Å². The van der Waals surface area contributed by atoms with Gasteiger partial charge in [-0.2, -0.15) is 0 Å². The summed E-state index contributed by atoms with van der Waals surface area (Å²) in [5, 5.41) is 9.63. The maximum absolute atomic E-state index is 12.3. The second-order valence-corrected chi connectivity index (χ2v) is 16.9. The van der Waals surface area contributed by atoms with E-state index in [0.717, 1.165) is 70.6 Å². The molecule has 0 aliphatic heterocycles. The Morgan fingerprint density at radius 3 is 1.00 bits per heavy atom. The minimum atomic E-state index is -0.784. The zero-order chi connectivity index (χ0) is 43.5. The number of allylic oxidation sites excluding steroid dienone is 12. The van der Waals surface area contributed by atoms with Crippen molar-refractivity contribution in [1.29, 1.82) is 0 Å². The number of ether oxygens (including phenoxy) is 2. The Labute approximate surface area is 372 Å². The SMILES string of the molecule is CCCCCCC/C=C\C/C=C\C/C=C\CCCCCCCCCCCCC(=O)OC(CO)COC(=O)CCCCCCCC/C=C\C/C=C\C/C=C\CCCCCCC. The number of esters is 2. The topological polar surface area (TPSA) is 72.8 Å². The molecule has 0 saturated heterocycles. The number of hydrogen-bond acceptors (Lipinski definition) is 5. The first kappa shape index (κ1) is 57.3. The predicted molar refractivity (Wildman–Crippen MR) is 260 cm³/mol. The first-order valence-electron chi connectivity index (χ1n) is 25.5. The lowest BCUT2D eigenvalue weighted by Crippen LogP contribution is -2.28. The Hall–Kier alpha value is -2.66. The van der Waals surface area contributed by atoms with Gasteiger partial charge in [0, 0.05) is 12.8 Å². The van der Waals surface area contributed by atoms with Crippen LogP contribution >= 0.6 is 0 Å². The molecule has 5 nitrogen and oxygen atoms in total. The number of rotatable bonds is 46. The number of hydrogen-bond donors (Lipinski definition) is 1. The monoisotopic (exact) mass is 837 g/mol. The van der Waals surface area contributed by atoms with E-state index in [4.69, 9.17) is 9.47 Å². The highest BCUT2D eigenvalue weighted by atomic mass is 16.6. The van der Waals surface area contributed by atoms with Gasteiger partial charge in [0.2, 0.25) is 0 Å². The van der Waals surface area contributed by atoms with Crippen molar-refractivity contribution in [3.8, 4) is 0 Å². The number of unbranched alkanes of at least 4 members (excludes halogenated alkanes) is 26. The lowest BCUT2D eigenvalue weighted by Gasteiger charge is -2.15. The molecule has 0 bridgehead atoms. The summed E-state index contributed by atoms with van der Waals surface area (Å²) in [6.07, 6.45) is 68.4. The second kappa shape index (κ2) is 50.7. The van der Waals surface area contributed by atoms with Gasteiger partial charge in [-0.25, -0.2) is 0 Å². The van der Waals surface area contributed by atoms with Gasteiger partial charge in [0.25, 0.3) is 0 Å². The largest absolute Gasteiger partial charge is 0.462 e. The van der Waals surface area contributed by atoms with Gasteiger partial charge in [-0.05, 0) is 89.9 Å². The van der Waals surface area contributed by atoms with E-state index in [1.54, 1.807) is 0 Å². The molecule has 1 N–H and O–H groups in total. The molecule has 0 saturated carbocycles. The Morgan fingerprint density at radius 1 is 0.383 bits per heavy atom. The zero-order valence-electron chi connectivity index (χ0n) is 39.5. The van der Waals surface area contributed by atoms with E-state index in [9.17, 15) is 14.7 Å². The van der Waals surface area contributed by atoms with Crippen molar-refractivity contribution in [1.82, 2.24) is 0 Å². The summed E-state index contributed by atoms with van der Waals surface area (Å²) in [7, 11) is 0. The summed E-state index contributed by atoms with van der Waals surface area (Å²) in [5.41, 5.74) is 0. The average Bonchev–Trinajstić information content (AvgIpc) is 3.25. The van der Waals surface area contributed by atoms with E-state index in [0.29, 0.717) is 12.8 Å². The molecule has 0 spiro atoms. The fraction of sp³-hybridized carbons (Fsp3) is 0.745. The lowest BCUT2D eigenvalue weighted by molar-refractivity contribution is -0.161. The van der Waals surface area contributed by atoms with Crippen molar-refractivity contribution in [2.75, 3.05) is 13.2 Å². The van der Waals surface area contributed by atoms with Crippen LogP contribution in [0.3, 0.4) is 0 Å². The first-order chi connectivity index (χ1) is 29.6. The highest BCUT2D eigenvalue weighted by Crippen LogP contribution is 2.14. The van der Waals surface area contributed by atoms with Crippen molar-refractivity contribution in [2.24, 2.45) is 0 Å². The van der Waals surface area contributed by atoms with E-state index < -0.39 is 6.10 Å². The molecular weight excluding hydrogens is 741 g/mol. The Balaban J connectivity index is 3.56. The number of carbonyl (C=O) groups excluding carboxylic acids is 2. The summed E-state index contributed by atoms with van der Waals surface area (Å²) in [6.45, 7) is 4.11. The number of aliphatic hydroxyl groups excluding tert-OH is 1. The molecule has 0 fully saturated rings. The Kier molecular flexibility index (Phi) is 48.4. The van der Waals surface area contributed by atoms with Gasteiger partial charge in [0.15, 0.2) is 6.10 Å². The Bertz CT molecular complexity index is 1080. The van der Waals surface area contributed by atoms with E-state index in [1.165, 1.54) is 148 Å². The highest BCUT2D eigenvalue weighted by molar-refractivity contribution is 5.70. The van der Waals surface area contributed by atoms with Crippen LogP contribution in [-0.2, 0) is 19.1 Å². The molecule has 0 heterocycles. The summed E-state index contributed by atoms with van der Waals surface area (Å²) >= 11 is 0. The minimum Gasteiger partial charge on any atom is -0.462 e. The minimum absolute atomic E-state index is 0.0768. The lowest BCUT2D eigenvalue weighted by atomic mass is 10.0. The number of aliphatic hydroxyl groups is 1. The molecule has 5 heteroatoms. The summed E-state index contributed by atoms with van der Waals surface area (Å²) in [4.78, 5) is 24.4. The third-order valence-corrected chi connectivity index (χ3v) is 11.0. The highest BCUT2D eigenvalue weighted by Gasteiger charge is 2.16. The fourth-order valence-electron chi connectivity index (χ4n) is 7.10. The van der Waals surface area contributed by atoms with Gasteiger partial charge < -0.3 is 14.6 Å². The van der Waals surface area contributed by atoms with Gasteiger partial charge >= 0.3 is 11.9 Å². The molecule has 60 heavy (non-hydrogen) atoms. The third-order valence-electron chi connectivity index (χ3n) is 11.0. The average molecular weight is 837 g/mol. The van der Waals surface area contributed by atoms with Gasteiger partial charge in [-0.15, -0.1) is 0 Å². The molecule has 346 valence electrons. The fourth-order valence-corrected chi connectivity index (χ4v) is 7.10. The maximum atomic E-state index is 12.3. The van der Waals surface area contributed by atoms with Gasteiger partial charge in [0.1, 0.15) is 6.61 Å². The van der Waals surface area contributed by atoms with E-state index in [1.807, 2.05) is 0 Å². The number of carbonyl (C=O) groups is 2. The molecule has 1 atom stereocenters. The molecule has 0 aromatic carbocycles.